The van der Waals surface area contributed by atoms with Crippen molar-refractivity contribution in [3.05, 3.63) is 111 Å². The van der Waals surface area contributed by atoms with Gasteiger partial charge in [-0.2, -0.15) is 5.10 Å². The Kier molecular flexibility index (Phi) is 5.86. The van der Waals surface area contributed by atoms with Crippen molar-refractivity contribution in [2.75, 3.05) is 0 Å². The molecule has 0 spiro atoms. The number of hydrazone groups is 1. The fraction of sp³-hybridized carbons (Fsp3) is 0.185. The quantitative estimate of drug-likeness (QED) is 0.399. The number of hydrogen-bond acceptors (Lipinski definition) is 2. The van der Waals surface area contributed by atoms with Gasteiger partial charge in [0.25, 0.3) is 5.91 Å². The zero-order valence-corrected chi connectivity index (χ0v) is 18.9. The topological polar surface area (TPSA) is 32.7 Å². The van der Waals surface area contributed by atoms with Crippen LogP contribution >= 0.6 is 23.2 Å². The molecular weight excluding hydrogens is 439 g/mol. The Morgan fingerprint density at radius 1 is 0.906 bits per heavy atom. The third kappa shape index (κ3) is 4.11. The van der Waals surface area contributed by atoms with Crippen LogP contribution in [0.15, 0.2) is 89.5 Å². The Morgan fingerprint density at radius 2 is 1.56 bits per heavy atom. The van der Waals surface area contributed by atoms with Gasteiger partial charge in [0, 0.05) is 21.5 Å². The molecule has 0 bridgehead atoms. The van der Waals surface area contributed by atoms with E-state index in [0.29, 0.717) is 15.6 Å². The van der Waals surface area contributed by atoms with Crippen LogP contribution in [0.2, 0.25) is 10.0 Å². The molecule has 1 amide bonds. The minimum atomic E-state index is -0.149. The minimum absolute atomic E-state index is 0.0849. The van der Waals surface area contributed by atoms with Crippen LogP contribution in [0.4, 0.5) is 0 Å². The molecule has 32 heavy (non-hydrogen) atoms. The lowest BCUT2D eigenvalue weighted by Crippen LogP contribution is -2.31. The van der Waals surface area contributed by atoms with Crippen LogP contribution in [-0.4, -0.2) is 16.6 Å². The van der Waals surface area contributed by atoms with E-state index in [-0.39, 0.29) is 17.9 Å². The Labute approximate surface area is 198 Å². The van der Waals surface area contributed by atoms with Gasteiger partial charge in [-0.05, 0) is 78.4 Å². The Bertz CT molecular complexity index is 1180. The molecule has 1 saturated carbocycles. The summed E-state index contributed by atoms with van der Waals surface area (Å²) in [6, 6.07) is 24.8. The molecule has 2 atom stereocenters. The molecule has 0 aromatic heterocycles. The molecule has 1 aliphatic heterocycles. The van der Waals surface area contributed by atoms with Crippen molar-refractivity contribution >= 4 is 40.9 Å². The van der Waals surface area contributed by atoms with Crippen LogP contribution in [0.25, 0.3) is 6.08 Å². The molecule has 2 aliphatic rings. The highest BCUT2D eigenvalue weighted by molar-refractivity contribution is 6.30. The maximum Gasteiger partial charge on any atom is 0.274 e. The van der Waals surface area contributed by atoms with Gasteiger partial charge in [0.2, 0.25) is 0 Å². The molecule has 0 radical (unpaired) electrons. The second kappa shape index (κ2) is 8.93. The lowest BCUT2D eigenvalue weighted by molar-refractivity contribution is 0.0681. The molecule has 5 rings (SSSR count). The number of fused-ring (bicyclic) bond motifs is 1. The van der Waals surface area contributed by atoms with Gasteiger partial charge in [-0.1, -0.05) is 65.7 Å². The maximum atomic E-state index is 13.5. The summed E-state index contributed by atoms with van der Waals surface area (Å²) < 4.78 is 0. The maximum absolute atomic E-state index is 13.5. The van der Waals surface area contributed by atoms with E-state index in [1.807, 2.05) is 78.9 Å². The first kappa shape index (κ1) is 21.0. The average molecular weight is 461 g/mol. The molecule has 3 aromatic rings. The van der Waals surface area contributed by atoms with Crippen molar-refractivity contribution in [3.63, 3.8) is 0 Å². The van der Waals surface area contributed by atoms with Crippen molar-refractivity contribution in [3.8, 4) is 0 Å². The molecule has 2 unspecified atom stereocenters. The Balaban J connectivity index is 1.57. The first-order valence-electron chi connectivity index (χ1n) is 10.8. The largest absolute Gasteiger partial charge is 0.274 e. The molecule has 1 fully saturated rings. The summed E-state index contributed by atoms with van der Waals surface area (Å²) in [7, 11) is 0. The van der Waals surface area contributed by atoms with Crippen molar-refractivity contribution in [2.24, 2.45) is 11.0 Å². The first-order valence-corrected chi connectivity index (χ1v) is 11.5. The van der Waals surface area contributed by atoms with Gasteiger partial charge >= 0.3 is 0 Å². The molecule has 160 valence electrons. The molecule has 5 heteroatoms. The lowest BCUT2D eigenvalue weighted by atomic mass is 9.77. The standard InChI is InChI=1S/C27H22Cl2N2O/c28-22-13-9-18(10-14-22)17-21-7-4-8-24-25(21)30-31(27(32)20-5-2-1-3-6-20)26(24)19-11-15-23(29)16-12-19/h1-3,5-6,9-17,24,26H,4,7-8H2/b21-17+. The summed E-state index contributed by atoms with van der Waals surface area (Å²) in [6.07, 6.45) is 5.17. The normalized spacial score (nSPS) is 21.4. The fourth-order valence-corrected chi connectivity index (χ4v) is 4.89. The number of allylic oxidation sites excluding steroid dienone is 1. The van der Waals surface area contributed by atoms with Crippen LogP contribution in [0.3, 0.4) is 0 Å². The Morgan fingerprint density at radius 3 is 2.25 bits per heavy atom. The molecular formula is C27H22Cl2N2O. The number of hydrogen-bond donors (Lipinski definition) is 0. The molecule has 3 aromatic carbocycles. The average Bonchev–Trinajstić information content (AvgIpc) is 3.22. The second-order valence-electron chi connectivity index (χ2n) is 8.22. The number of benzene rings is 3. The third-order valence-electron chi connectivity index (χ3n) is 6.15. The lowest BCUT2D eigenvalue weighted by Gasteiger charge is -2.29. The van der Waals surface area contributed by atoms with E-state index in [1.165, 1.54) is 5.57 Å². The monoisotopic (exact) mass is 460 g/mol. The predicted molar refractivity (Wildman–Crippen MR) is 131 cm³/mol. The summed E-state index contributed by atoms with van der Waals surface area (Å²) in [5.74, 6) is 0.0643. The van der Waals surface area contributed by atoms with E-state index in [9.17, 15) is 4.79 Å². The summed E-state index contributed by atoms with van der Waals surface area (Å²) in [5, 5.41) is 8.01. The van der Waals surface area contributed by atoms with Gasteiger partial charge in [-0.15, -0.1) is 0 Å². The van der Waals surface area contributed by atoms with E-state index in [2.05, 4.69) is 6.08 Å². The van der Waals surface area contributed by atoms with Crippen molar-refractivity contribution in [1.29, 1.82) is 0 Å². The number of nitrogens with zero attached hydrogens (tertiary/aromatic N) is 2. The van der Waals surface area contributed by atoms with E-state index >= 15 is 0 Å². The molecule has 1 heterocycles. The van der Waals surface area contributed by atoms with Crippen molar-refractivity contribution in [1.82, 2.24) is 5.01 Å². The van der Waals surface area contributed by atoms with Crippen LogP contribution < -0.4 is 0 Å². The molecule has 0 saturated heterocycles. The van der Waals surface area contributed by atoms with Gasteiger partial charge in [0.1, 0.15) is 0 Å². The van der Waals surface area contributed by atoms with E-state index < -0.39 is 0 Å². The molecule has 3 nitrogen and oxygen atoms in total. The summed E-state index contributed by atoms with van der Waals surface area (Å²) in [4.78, 5) is 13.5. The van der Waals surface area contributed by atoms with E-state index in [0.717, 1.165) is 36.1 Å². The number of rotatable bonds is 3. The third-order valence-corrected chi connectivity index (χ3v) is 6.66. The van der Waals surface area contributed by atoms with E-state index in [4.69, 9.17) is 28.3 Å². The first-order chi connectivity index (χ1) is 15.6. The SMILES string of the molecule is O=C(c1ccccc1)N1N=C2/C(=C/c3ccc(Cl)cc3)CCCC2C1c1ccc(Cl)cc1. The van der Waals surface area contributed by atoms with Crippen LogP contribution in [0, 0.1) is 5.92 Å². The molecule has 1 aliphatic carbocycles. The highest BCUT2D eigenvalue weighted by atomic mass is 35.5. The highest BCUT2D eigenvalue weighted by Gasteiger charge is 2.43. The van der Waals surface area contributed by atoms with Crippen LogP contribution in [-0.2, 0) is 0 Å². The number of halogens is 2. The second-order valence-corrected chi connectivity index (χ2v) is 9.09. The smallest absolute Gasteiger partial charge is 0.267 e. The summed E-state index contributed by atoms with van der Waals surface area (Å²) in [6.45, 7) is 0. The zero-order valence-electron chi connectivity index (χ0n) is 17.4. The molecule has 0 N–H and O–H groups in total. The van der Waals surface area contributed by atoms with Crippen LogP contribution in [0.5, 0.6) is 0 Å². The number of carbonyl (C=O) groups is 1. The van der Waals surface area contributed by atoms with Gasteiger partial charge < -0.3 is 0 Å². The van der Waals surface area contributed by atoms with Gasteiger partial charge in [-0.25, -0.2) is 5.01 Å². The highest BCUT2D eigenvalue weighted by Crippen LogP contribution is 2.45. The van der Waals surface area contributed by atoms with Crippen molar-refractivity contribution < 1.29 is 4.79 Å². The van der Waals surface area contributed by atoms with Gasteiger partial charge in [0.15, 0.2) is 0 Å². The van der Waals surface area contributed by atoms with Crippen molar-refractivity contribution in [2.45, 2.75) is 25.3 Å². The summed E-state index contributed by atoms with van der Waals surface area (Å²) >= 11 is 12.2. The number of carbonyl (C=O) groups excluding carboxylic acids is 1. The van der Waals surface area contributed by atoms with Crippen LogP contribution in [0.1, 0.15) is 46.8 Å². The number of amides is 1. The van der Waals surface area contributed by atoms with Gasteiger partial charge in [0.05, 0.1) is 11.8 Å². The van der Waals surface area contributed by atoms with E-state index in [1.54, 1.807) is 5.01 Å². The summed E-state index contributed by atoms with van der Waals surface area (Å²) in [5.41, 5.74) is 4.97. The predicted octanol–water partition coefficient (Wildman–Crippen LogP) is 7.43. The van der Waals surface area contributed by atoms with Gasteiger partial charge in [-0.3, -0.25) is 4.79 Å². The Hall–Kier alpha value is -2.88. The fourth-order valence-electron chi connectivity index (χ4n) is 4.63. The minimum Gasteiger partial charge on any atom is -0.267 e. The zero-order chi connectivity index (χ0) is 22.1.